The van der Waals surface area contributed by atoms with Gasteiger partial charge in [0, 0.05) is 12.8 Å². The van der Waals surface area contributed by atoms with Gasteiger partial charge in [-0.15, -0.1) is 0 Å². The summed E-state index contributed by atoms with van der Waals surface area (Å²) in [5.41, 5.74) is 2.68. The van der Waals surface area contributed by atoms with Crippen LogP contribution in [0.15, 0.2) is 18.3 Å². The number of anilines is 2. The predicted octanol–water partition coefficient (Wildman–Crippen LogP) is 2.85. The summed E-state index contributed by atoms with van der Waals surface area (Å²) in [5, 5.41) is 17.3. The number of aromatic nitrogens is 5. The van der Waals surface area contributed by atoms with Crippen LogP contribution in [0.3, 0.4) is 0 Å². The molecular formula is C17H21ClN6O2. The number of halogens is 1. The lowest BCUT2D eigenvalue weighted by atomic mass is 10.3. The van der Waals surface area contributed by atoms with Crippen LogP contribution in [0.1, 0.15) is 24.6 Å². The Morgan fingerprint density at radius 3 is 2.88 bits per heavy atom. The molecular weight excluding hydrogens is 356 g/mol. The zero-order chi connectivity index (χ0) is 18.5. The number of fused-ring (bicyclic) bond motifs is 1. The summed E-state index contributed by atoms with van der Waals surface area (Å²) in [7, 11) is 0. The number of rotatable bonds is 8. The molecule has 0 spiro atoms. The maximum absolute atomic E-state index is 9.62. The Morgan fingerprint density at radius 2 is 2.15 bits per heavy atom. The molecule has 3 aromatic heterocycles. The second kappa shape index (κ2) is 8.39. The van der Waals surface area contributed by atoms with E-state index in [9.17, 15) is 5.11 Å². The highest BCUT2D eigenvalue weighted by atomic mass is 35.5. The van der Waals surface area contributed by atoms with Crippen molar-refractivity contribution in [3.63, 3.8) is 0 Å². The molecule has 0 fully saturated rings. The number of aryl methyl sites for hydroxylation is 1. The van der Waals surface area contributed by atoms with Gasteiger partial charge >= 0.3 is 0 Å². The number of pyridine rings is 1. The molecule has 0 saturated carbocycles. The lowest BCUT2D eigenvalue weighted by molar-refractivity contribution is 0.125. The van der Waals surface area contributed by atoms with Gasteiger partial charge in [0.15, 0.2) is 5.82 Å². The molecule has 2 N–H and O–H groups in total. The van der Waals surface area contributed by atoms with E-state index in [1.54, 1.807) is 10.9 Å². The van der Waals surface area contributed by atoms with Crippen LogP contribution >= 0.6 is 11.6 Å². The van der Waals surface area contributed by atoms with Crippen LogP contribution in [-0.2, 0) is 17.9 Å². The van der Waals surface area contributed by atoms with E-state index in [2.05, 4.69) is 32.3 Å². The lowest BCUT2D eigenvalue weighted by Crippen LogP contribution is -2.10. The Hall–Kier alpha value is -2.29. The van der Waals surface area contributed by atoms with Crippen molar-refractivity contribution in [2.45, 2.75) is 33.4 Å². The maximum atomic E-state index is 9.62. The molecule has 3 rings (SSSR count). The van der Waals surface area contributed by atoms with Crippen LogP contribution in [0, 0.1) is 6.92 Å². The summed E-state index contributed by atoms with van der Waals surface area (Å²) in [5.74, 6) is 1.13. The molecule has 0 aromatic carbocycles. The topological polar surface area (TPSA) is 98.0 Å². The van der Waals surface area contributed by atoms with Crippen molar-refractivity contribution >= 4 is 34.3 Å². The second-order valence-electron chi connectivity index (χ2n) is 5.82. The molecule has 3 aromatic rings. The van der Waals surface area contributed by atoms with E-state index in [0.29, 0.717) is 48.1 Å². The van der Waals surface area contributed by atoms with Crippen molar-refractivity contribution in [1.29, 1.82) is 0 Å². The monoisotopic (exact) mass is 376 g/mol. The molecule has 0 radical (unpaired) electrons. The van der Waals surface area contributed by atoms with Crippen molar-refractivity contribution in [1.82, 2.24) is 24.7 Å². The van der Waals surface area contributed by atoms with Crippen molar-refractivity contribution in [2.24, 2.45) is 0 Å². The Labute approximate surface area is 156 Å². The summed E-state index contributed by atoms with van der Waals surface area (Å²) in [4.78, 5) is 12.8. The summed E-state index contributed by atoms with van der Waals surface area (Å²) in [6.07, 6.45) is 2.67. The van der Waals surface area contributed by atoms with Gasteiger partial charge in [-0.1, -0.05) is 6.92 Å². The lowest BCUT2D eigenvalue weighted by Gasteiger charge is -2.10. The first-order valence-corrected chi connectivity index (χ1v) is 8.81. The number of nitrogens with one attached hydrogen (secondary N) is 1. The summed E-state index contributed by atoms with van der Waals surface area (Å²) >= 11 is 6.08. The van der Waals surface area contributed by atoms with Gasteiger partial charge in [-0.25, -0.2) is 9.97 Å². The van der Waals surface area contributed by atoms with Gasteiger partial charge in [-0.05, 0) is 42.6 Å². The molecule has 0 aliphatic heterocycles. The van der Waals surface area contributed by atoms with Gasteiger partial charge in [0.25, 0.3) is 0 Å². The van der Waals surface area contributed by atoms with Gasteiger partial charge in [0.2, 0.25) is 5.28 Å². The molecule has 9 heteroatoms. The zero-order valence-corrected chi connectivity index (χ0v) is 15.5. The van der Waals surface area contributed by atoms with Crippen LogP contribution < -0.4 is 5.32 Å². The van der Waals surface area contributed by atoms with Crippen LogP contribution in [0.25, 0.3) is 11.0 Å². The number of hydrogen-bond donors (Lipinski definition) is 2. The fourth-order valence-corrected chi connectivity index (χ4v) is 2.76. The van der Waals surface area contributed by atoms with Crippen molar-refractivity contribution in [2.75, 3.05) is 18.5 Å². The summed E-state index contributed by atoms with van der Waals surface area (Å²) in [6.45, 7) is 5.49. The molecule has 0 aliphatic rings. The number of aliphatic hydroxyl groups is 1. The summed E-state index contributed by atoms with van der Waals surface area (Å²) < 4.78 is 7.28. The minimum atomic E-state index is -0.241. The van der Waals surface area contributed by atoms with E-state index in [0.717, 1.165) is 12.0 Å². The van der Waals surface area contributed by atoms with E-state index >= 15 is 0 Å². The van der Waals surface area contributed by atoms with Crippen molar-refractivity contribution < 1.29 is 9.84 Å². The number of ether oxygens (including phenoxy) is 1. The van der Waals surface area contributed by atoms with Gasteiger partial charge < -0.3 is 15.2 Å². The van der Waals surface area contributed by atoms with Gasteiger partial charge in [0.05, 0.1) is 19.8 Å². The minimum absolute atomic E-state index is 0.0733. The van der Waals surface area contributed by atoms with E-state index in [1.807, 2.05) is 19.1 Å². The molecule has 0 amide bonds. The average Bonchev–Trinajstić information content (AvgIpc) is 2.96. The molecule has 0 unspecified atom stereocenters. The fraction of sp³-hybridized carbons (Fsp3) is 0.412. The van der Waals surface area contributed by atoms with Gasteiger partial charge in [-0.2, -0.15) is 10.1 Å². The highest BCUT2D eigenvalue weighted by molar-refractivity contribution is 6.28. The van der Waals surface area contributed by atoms with Gasteiger partial charge in [0.1, 0.15) is 22.5 Å². The van der Waals surface area contributed by atoms with E-state index in [-0.39, 0.29) is 11.9 Å². The van der Waals surface area contributed by atoms with Crippen molar-refractivity contribution in [3.8, 4) is 0 Å². The molecule has 0 atom stereocenters. The Kier molecular flexibility index (Phi) is 5.97. The molecule has 26 heavy (non-hydrogen) atoms. The molecule has 0 bridgehead atoms. The first-order valence-electron chi connectivity index (χ1n) is 8.43. The van der Waals surface area contributed by atoms with E-state index in [4.69, 9.17) is 16.3 Å². The predicted molar refractivity (Wildman–Crippen MR) is 99.6 cm³/mol. The molecule has 8 nitrogen and oxygen atoms in total. The average molecular weight is 377 g/mol. The zero-order valence-electron chi connectivity index (χ0n) is 14.7. The normalized spacial score (nSPS) is 11.2. The highest BCUT2D eigenvalue weighted by Gasteiger charge is 2.18. The van der Waals surface area contributed by atoms with Crippen molar-refractivity contribution in [3.05, 3.63) is 34.9 Å². The van der Waals surface area contributed by atoms with Gasteiger partial charge in [-0.3, -0.25) is 4.68 Å². The largest absolute Gasteiger partial charge is 0.390 e. The van der Waals surface area contributed by atoms with E-state index in [1.165, 1.54) is 0 Å². The van der Waals surface area contributed by atoms with Crippen LogP contribution in [0.5, 0.6) is 0 Å². The molecule has 0 aliphatic carbocycles. The summed E-state index contributed by atoms with van der Waals surface area (Å²) in [6, 6.07) is 3.81. The van der Waals surface area contributed by atoms with Crippen LogP contribution in [-0.4, -0.2) is 43.1 Å². The highest BCUT2D eigenvalue weighted by Crippen LogP contribution is 2.27. The smallest absolute Gasteiger partial charge is 0.225 e. The molecule has 0 saturated heterocycles. The third-order valence-electron chi connectivity index (χ3n) is 3.74. The number of hydrogen-bond acceptors (Lipinski definition) is 7. The van der Waals surface area contributed by atoms with Crippen LogP contribution in [0.4, 0.5) is 11.6 Å². The molecule has 138 valence electrons. The standard InChI is InChI=1S/C17H21ClN6O2/c1-3-7-26-8-6-24-15-14(12(10-25)23-24)21-17(18)22-16(15)20-13-9-11(2)4-5-19-13/h4-5,9,25H,3,6-8,10H2,1-2H3,(H,19,20,21,22). The molecule has 3 heterocycles. The first-order chi connectivity index (χ1) is 12.6. The second-order valence-corrected chi connectivity index (χ2v) is 6.16. The SMILES string of the molecule is CCCOCCn1nc(CO)c2nc(Cl)nc(Nc3cc(C)ccn3)c21. The van der Waals surface area contributed by atoms with Crippen LogP contribution in [0.2, 0.25) is 5.28 Å². The quantitative estimate of drug-likeness (QED) is 0.460. The first kappa shape index (κ1) is 18.5. The third-order valence-corrected chi connectivity index (χ3v) is 3.91. The Morgan fingerprint density at radius 1 is 1.31 bits per heavy atom. The van der Waals surface area contributed by atoms with E-state index < -0.39 is 0 Å². The third kappa shape index (κ3) is 4.09. The Balaban J connectivity index is 2.01. The Bertz CT molecular complexity index is 898. The maximum Gasteiger partial charge on any atom is 0.225 e. The fourth-order valence-electron chi connectivity index (χ4n) is 2.60. The number of nitrogens with zero attached hydrogens (tertiary/aromatic N) is 5. The minimum Gasteiger partial charge on any atom is -0.390 e. The number of aliphatic hydroxyl groups excluding tert-OH is 1.